The van der Waals surface area contributed by atoms with E-state index in [0.717, 1.165) is 13.0 Å². The van der Waals surface area contributed by atoms with Gasteiger partial charge in [0.1, 0.15) is 11.4 Å². The molecule has 1 aromatic heterocycles. The van der Waals surface area contributed by atoms with Gasteiger partial charge in [0.25, 0.3) is 0 Å². The zero-order valence-corrected chi connectivity index (χ0v) is 9.77. The van der Waals surface area contributed by atoms with Crippen molar-refractivity contribution in [2.45, 2.75) is 12.0 Å². The Balaban J connectivity index is 1.96. The third-order valence-corrected chi connectivity index (χ3v) is 2.87. The van der Waals surface area contributed by atoms with Crippen LogP contribution in [0.3, 0.4) is 0 Å². The number of nitrogens with two attached hydrogens (primary N) is 1. The quantitative estimate of drug-likeness (QED) is 0.491. The Hall–Kier alpha value is -1.44. The minimum atomic E-state index is -0.270. The van der Waals surface area contributed by atoms with Crippen molar-refractivity contribution in [2.24, 2.45) is 5.84 Å². The van der Waals surface area contributed by atoms with Gasteiger partial charge in [-0.3, -0.25) is 4.98 Å². The molecule has 2 rings (SSSR count). The van der Waals surface area contributed by atoms with Crippen LogP contribution in [0.2, 0.25) is 0 Å². The van der Waals surface area contributed by atoms with E-state index in [0.29, 0.717) is 24.8 Å². The van der Waals surface area contributed by atoms with Gasteiger partial charge < -0.3 is 20.2 Å². The topological polar surface area (TPSA) is 94.3 Å². The molecule has 1 saturated heterocycles. The summed E-state index contributed by atoms with van der Waals surface area (Å²) in [5.41, 5.74) is 2.18. The SMILES string of the molecule is COC1(CNc2cncc(NN)n2)CCOC1. The summed E-state index contributed by atoms with van der Waals surface area (Å²) in [6.45, 7) is 1.95. The van der Waals surface area contributed by atoms with Gasteiger partial charge in [0.05, 0.1) is 19.0 Å². The highest BCUT2D eigenvalue weighted by Gasteiger charge is 2.34. The Morgan fingerprint density at radius 3 is 3.00 bits per heavy atom. The number of ether oxygens (including phenoxy) is 2. The van der Waals surface area contributed by atoms with E-state index in [1.807, 2.05) is 0 Å². The molecule has 0 bridgehead atoms. The second-order valence-corrected chi connectivity index (χ2v) is 3.98. The van der Waals surface area contributed by atoms with Crippen molar-refractivity contribution in [3.8, 4) is 0 Å². The van der Waals surface area contributed by atoms with Crippen LogP contribution in [0, 0.1) is 0 Å². The number of nitrogens with one attached hydrogen (secondary N) is 2. The van der Waals surface area contributed by atoms with Crippen LogP contribution in [-0.4, -0.2) is 42.4 Å². The second kappa shape index (κ2) is 5.26. The van der Waals surface area contributed by atoms with E-state index >= 15 is 0 Å². The summed E-state index contributed by atoms with van der Waals surface area (Å²) >= 11 is 0. The van der Waals surface area contributed by atoms with Crippen molar-refractivity contribution < 1.29 is 9.47 Å². The summed E-state index contributed by atoms with van der Waals surface area (Å²) in [7, 11) is 1.69. The van der Waals surface area contributed by atoms with Crippen molar-refractivity contribution in [2.75, 3.05) is 37.6 Å². The maximum Gasteiger partial charge on any atom is 0.160 e. The predicted octanol–water partition coefficient (Wildman–Crippen LogP) is -0.0204. The van der Waals surface area contributed by atoms with Gasteiger partial charge in [-0.25, -0.2) is 10.8 Å². The zero-order chi connectivity index (χ0) is 12.1. The third kappa shape index (κ3) is 2.82. The van der Waals surface area contributed by atoms with Gasteiger partial charge in [-0.2, -0.15) is 0 Å². The van der Waals surface area contributed by atoms with Crippen LogP contribution in [0.5, 0.6) is 0 Å². The molecule has 7 nitrogen and oxygen atoms in total. The fourth-order valence-corrected chi connectivity index (χ4v) is 1.73. The Morgan fingerprint density at radius 2 is 2.35 bits per heavy atom. The number of hydrogen-bond donors (Lipinski definition) is 3. The Morgan fingerprint density at radius 1 is 1.53 bits per heavy atom. The molecule has 1 aromatic rings. The van der Waals surface area contributed by atoms with Crippen molar-refractivity contribution in [3.63, 3.8) is 0 Å². The fraction of sp³-hybridized carbons (Fsp3) is 0.600. The highest BCUT2D eigenvalue weighted by molar-refractivity contribution is 5.40. The lowest BCUT2D eigenvalue weighted by Crippen LogP contribution is -2.39. The van der Waals surface area contributed by atoms with E-state index in [9.17, 15) is 0 Å². The number of hydrazine groups is 1. The summed E-state index contributed by atoms with van der Waals surface area (Å²) < 4.78 is 10.9. The van der Waals surface area contributed by atoms with Crippen LogP contribution >= 0.6 is 0 Å². The molecule has 0 radical (unpaired) electrons. The van der Waals surface area contributed by atoms with E-state index in [1.54, 1.807) is 19.5 Å². The monoisotopic (exact) mass is 239 g/mol. The predicted molar refractivity (Wildman–Crippen MR) is 63.5 cm³/mol. The molecule has 0 amide bonds. The standard InChI is InChI=1S/C10H17N5O2/c1-16-10(2-3-17-7-10)6-13-8-4-12-5-9(14-8)15-11/h4-5H,2-3,6-7,11H2,1H3,(H2,13,14,15). The molecule has 0 aromatic carbocycles. The van der Waals surface area contributed by atoms with Gasteiger partial charge in [0, 0.05) is 26.7 Å². The zero-order valence-electron chi connectivity index (χ0n) is 9.77. The molecule has 0 spiro atoms. The number of methoxy groups -OCH3 is 1. The highest BCUT2D eigenvalue weighted by atomic mass is 16.5. The fourth-order valence-electron chi connectivity index (χ4n) is 1.73. The lowest BCUT2D eigenvalue weighted by atomic mass is 10.0. The van der Waals surface area contributed by atoms with Crippen molar-refractivity contribution in [3.05, 3.63) is 12.4 Å². The number of nitrogen functional groups attached to an aromatic ring is 1. The number of nitrogens with zero attached hydrogens (tertiary/aromatic N) is 2. The van der Waals surface area contributed by atoms with E-state index in [4.69, 9.17) is 15.3 Å². The minimum absolute atomic E-state index is 0.270. The molecule has 17 heavy (non-hydrogen) atoms. The van der Waals surface area contributed by atoms with E-state index < -0.39 is 0 Å². The number of rotatable bonds is 5. The minimum Gasteiger partial charge on any atom is -0.378 e. The summed E-state index contributed by atoms with van der Waals surface area (Å²) in [6.07, 6.45) is 4.06. The molecule has 1 unspecified atom stereocenters. The lowest BCUT2D eigenvalue weighted by molar-refractivity contribution is -0.00625. The van der Waals surface area contributed by atoms with Gasteiger partial charge in [0.15, 0.2) is 5.82 Å². The number of hydrogen-bond acceptors (Lipinski definition) is 7. The molecule has 1 aliphatic heterocycles. The van der Waals surface area contributed by atoms with Gasteiger partial charge in [-0.05, 0) is 0 Å². The molecule has 0 saturated carbocycles. The molecule has 0 aliphatic carbocycles. The molecule has 1 atom stereocenters. The smallest absolute Gasteiger partial charge is 0.160 e. The molecule has 94 valence electrons. The van der Waals surface area contributed by atoms with Crippen molar-refractivity contribution in [1.82, 2.24) is 9.97 Å². The van der Waals surface area contributed by atoms with E-state index in [1.165, 1.54) is 0 Å². The largest absolute Gasteiger partial charge is 0.378 e. The summed E-state index contributed by atoms with van der Waals surface area (Å²) in [4.78, 5) is 8.22. The number of anilines is 2. The van der Waals surface area contributed by atoms with Crippen LogP contribution in [0.4, 0.5) is 11.6 Å². The molecular formula is C10H17N5O2. The molecule has 7 heteroatoms. The summed E-state index contributed by atoms with van der Waals surface area (Å²) in [5, 5.41) is 3.18. The lowest BCUT2D eigenvalue weighted by Gasteiger charge is -2.26. The maximum absolute atomic E-state index is 5.50. The summed E-state index contributed by atoms with van der Waals surface area (Å²) in [6, 6.07) is 0. The normalized spacial score (nSPS) is 23.6. The first-order chi connectivity index (χ1) is 8.28. The molecule has 1 aliphatic rings. The van der Waals surface area contributed by atoms with E-state index in [2.05, 4.69) is 20.7 Å². The first-order valence-corrected chi connectivity index (χ1v) is 5.43. The molecule has 1 fully saturated rings. The second-order valence-electron chi connectivity index (χ2n) is 3.98. The average molecular weight is 239 g/mol. The van der Waals surface area contributed by atoms with Gasteiger partial charge in [-0.15, -0.1) is 0 Å². The van der Waals surface area contributed by atoms with Gasteiger partial charge in [0.2, 0.25) is 0 Å². The van der Waals surface area contributed by atoms with Gasteiger partial charge in [-0.1, -0.05) is 0 Å². The van der Waals surface area contributed by atoms with E-state index in [-0.39, 0.29) is 5.60 Å². The Bertz CT molecular complexity index is 367. The molecular weight excluding hydrogens is 222 g/mol. The Labute approximate surface area is 99.7 Å². The number of aromatic nitrogens is 2. The molecule has 2 heterocycles. The Kier molecular flexibility index (Phi) is 3.72. The average Bonchev–Trinajstić information content (AvgIpc) is 2.86. The first kappa shape index (κ1) is 12.0. The van der Waals surface area contributed by atoms with Crippen LogP contribution in [0.25, 0.3) is 0 Å². The molecule has 4 N–H and O–H groups in total. The first-order valence-electron chi connectivity index (χ1n) is 5.43. The highest BCUT2D eigenvalue weighted by Crippen LogP contribution is 2.22. The third-order valence-electron chi connectivity index (χ3n) is 2.87. The van der Waals surface area contributed by atoms with Crippen molar-refractivity contribution in [1.29, 1.82) is 0 Å². The van der Waals surface area contributed by atoms with Crippen molar-refractivity contribution >= 4 is 11.6 Å². The van der Waals surface area contributed by atoms with Crippen LogP contribution in [0.1, 0.15) is 6.42 Å². The van der Waals surface area contributed by atoms with Crippen LogP contribution < -0.4 is 16.6 Å². The summed E-state index contributed by atoms with van der Waals surface area (Å²) in [5.74, 6) is 6.44. The maximum atomic E-state index is 5.50. The van der Waals surface area contributed by atoms with Crippen LogP contribution in [-0.2, 0) is 9.47 Å². The van der Waals surface area contributed by atoms with Crippen LogP contribution in [0.15, 0.2) is 12.4 Å². The van der Waals surface area contributed by atoms with Gasteiger partial charge >= 0.3 is 0 Å².